The summed E-state index contributed by atoms with van der Waals surface area (Å²) < 4.78 is 17.7. The van der Waals surface area contributed by atoms with Gasteiger partial charge in [0.2, 0.25) is 0 Å². The van der Waals surface area contributed by atoms with Crippen molar-refractivity contribution >= 4 is 0 Å². The summed E-state index contributed by atoms with van der Waals surface area (Å²) in [6.07, 6.45) is 1.02. The first-order valence-corrected chi connectivity index (χ1v) is 6.58. The molecule has 3 heteroatoms. The Morgan fingerprint density at radius 1 is 0.944 bits per heavy atom. The molecule has 2 bridgehead atoms. The van der Waals surface area contributed by atoms with Crippen LogP contribution in [0.1, 0.15) is 30.0 Å². The van der Waals surface area contributed by atoms with Crippen LogP contribution >= 0.6 is 0 Å². The Bertz CT molecular complexity index is 422. The van der Waals surface area contributed by atoms with Gasteiger partial charge in [-0.15, -0.1) is 0 Å². The lowest BCUT2D eigenvalue weighted by molar-refractivity contribution is -0.480. The molecule has 1 aromatic rings. The Labute approximate surface area is 108 Å². The van der Waals surface area contributed by atoms with Crippen LogP contribution in [0.15, 0.2) is 18.2 Å². The van der Waals surface area contributed by atoms with Crippen LogP contribution in [0.5, 0.6) is 0 Å². The normalized spacial score (nSPS) is 34.8. The molecule has 0 amide bonds. The van der Waals surface area contributed by atoms with Crippen molar-refractivity contribution in [3.8, 4) is 0 Å². The highest BCUT2D eigenvalue weighted by Gasteiger charge is 2.52. The first-order valence-electron chi connectivity index (χ1n) is 6.58. The van der Waals surface area contributed by atoms with Gasteiger partial charge < -0.3 is 14.2 Å². The van der Waals surface area contributed by atoms with Crippen LogP contribution in [0, 0.1) is 19.3 Å². The van der Waals surface area contributed by atoms with Gasteiger partial charge in [0, 0.05) is 11.0 Å². The van der Waals surface area contributed by atoms with Crippen molar-refractivity contribution in [1.82, 2.24) is 0 Å². The van der Waals surface area contributed by atoms with Gasteiger partial charge in [0.15, 0.2) is 0 Å². The molecule has 98 valence electrons. The second kappa shape index (κ2) is 4.05. The van der Waals surface area contributed by atoms with E-state index >= 15 is 0 Å². The number of hydrogen-bond acceptors (Lipinski definition) is 3. The van der Waals surface area contributed by atoms with Gasteiger partial charge in [-0.25, -0.2) is 0 Å². The molecule has 4 rings (SSSR count). The van der Waals surface area contributed by atoms with E-state index in [1.165, 1.54) is 11.1 Å². The molecular formula is C15H20O3. The van der Waals surface area contributed by atoms with Gasteiger partial charge in [-0.05, 0) is 32.4 Å². The van der Waals surface area contributed by atoms with E-state index in [1.54, 1.807) is 0 Å². The Hall–Kier alpha value is -0.900. The van der Waals surface area contributed by atoms with Crippen molar-refractivity contribution in [2.45, 2.75) is 33.2 Å². The maximum absolute atomic E-state index is 5.91. The quantitative estimate of drug-likeness (QED) is 0.805. The molecule has 0 radical (unpaired) electrons. The van der Waals surface area contributed by atoms with Gasteiger partial charge >= 0.3 is 5.97 Å². The highest BCUT2D eigenvalue weighted by molar-refractivity contribution is 5.31. The van der Waals surface area contributed by atoms with Crippen molar-refractivity contribution in [2.24, 2.45) is 5.41 Å². The van der Waals surface area contributed by atoms with E-state index in [2.05, 4.69) is 39.0 Å². The fraction of sp³-hybridized carbons (Fsp3) is 0.600. The van der Waals surface area contributed by atoms with E-state index < -0.39 is 5.97 Å². The second-order valence-electron chi connectivity index (χ2n) is 5.65. The molecule has 0 saturated carbocycles. The number of benzene rings is 1. The summed E-state index contributed by atoms with van der Waals surface area (Å²) >= 11 is 0. The highest BCUT2D eigenvalue weighted by atomic mass is 16.9. The molecule has 0 N–H and O–H groups in total. The van der Waals surface area contributed by atoms with Crippen LogP contribution in [0.3, 0.4) is 0 Å². The second-order valence-corrected chi connectivity index (χ2v) is 5.65. The number of fused-ring (bicyclic) bond motifs is 3. The van der Waals surface area contributed by atoms with Gasteiger partial charge in [0.25, 0.3) is 0 Å². The summed E-state index contributed by atoms with van der Waals surface area (Å²) in [4.78, 5) is 0. The Morgan fingerprint density at radius 3 is 1.89 bits per heavy atom. The molecule has 0 unspecified atom stereocenters. The van der Waals surface area contributed by atoms with E-state index in [9.17, 15) is 0 Å². The number of ether oxygens (including phenoxy) is 3. The average Bonchev–Trinajstić information content (AvgIpc) is 2.40. The predicted molar refractivity (Wildman–Crippen MR) is 68.2 cm³/mol. The van der Waals surface area contributed by atoms with Crippen LogP contribution < -0.4 is 0 Å². The van der Waals surface area contributed by atoms with Crippen LogP contribution in [0.4, 0.5) is 0 Å². The van der Waals surface area contributed by atoms with Gasteiger partial charge in [0.1, 0.15) is 0 Å². The van der Waals surface area contributed by atoms with Gasteiger partial charge in [0.05, 0.1) is 19.8 Å². The SMILES string of the molecule is CCC12COC(c3cc(C)cc(C)c3)(OC1)OC2. The van der Waals surface area contributed by atoms with Gasteiger partial charge in [-0.3, -0.25) is 0 Å². The summed E-state index contributed by atoms with van der Waals surface area (Å²) in [6.45, 7) is 8.47. The maximum atomic E-state index is 5.91. The fourth-order valence-corrected chi connectivity index (χ4v) is 2.70. The molecule has 3 nitrogen and oxygen atoms in total. The molecule has 0 spiro atoms. The molecule has 3 aliphatic rings. The average molecular weight is 248 g/mol. The molecule has 18 heavy (non-hydrogen) atoms. The van der Waals surface area contributed by atoms with Crippen LogP contribution in [0.25, 0.3) is 0 Å². The first-order chi connectivity index (χ1) is 8.57. The summed E-state index contributed by atoms with van der Waals surface area (Å²) in [6, 6.07) is 6.30. The minimum Gasteiger partial charge on any atom is -0.323 e. The third-order valence-corrected chi connectivity index (χ3v) is 4.03. The molecule has 3 fully saturated rings. The third kappa shape index (κ3) is 1.78. The zero-order chi connectivity index (χ0) is 12.8. The lowest BCUT2D eigenvalue weighted by Gasteiger charge is -2.51. The lowest BCUT2D eigenvalue weighted by Crippen LogP contribution is -2.58. The Morgan fingerprint density at radius 2 is 1.44 bits per heavy atom. The summed E-state index contributed by atoms with van der Waals surface area (Å²) in [5.74, 6) is -0.965. The van der Waals surface area contributed by atoms with E-state index in [1.807, 2.05) is 0 Å². The van der Waals surface area contributed by atoms with E-state index in [4.69, 9.17) is 14.2 Å². The van der Waals surface area contributed by atoms with E-state index in [-0.39, 0.29) is 5.41 Å². The molecule has 3 heterocycles. The smallest absolute Gasteiger partial charge is 0.312 e. The molecule has 3 aliphatic heterocycles. The van der Waals surface area contributed by atoms with Crippen LogP contribution in [0.2, 0.25) is 0 Å². The molecular weight excluding hydrogens is 228 g/mol. The van der Waals surface area contributed by atoms with Crippen LogP contribution in [-0.2, 0) is 20.2 Å². The predicted octanol–water partition coefficient (Wildman–Crippen LogP) is 2.89. The summed E-state index contributed by atoms with van der Waals surface area (Å²) in [5, 5.41) is 0. The van der Waals surface area contributed by atoms with Gasteiger partial charge in [-0.2, -0.15) is 0 Å². The van der Waals surface area contributed by atoms with Crippen molar-refractivity contribution in [3.63, 3.8) is 0 Å². The summed E-state index contributed by atoms with van der Waals surface area (Å²) in [5.41, 5.74) is 3.44. The Kier molecular flexibility index (Phi) is 2.73. The first kappa shape index (κ1) is 12.2. The van der Waals surface area contributed by atoms with Crippen molar-refractivity contribution in [3.05, 3.63) is 34.9 Å². The maximum Gasteiger partial charge on any atom is 0.312 e. The topological polar surface area (TPSA) is 27.7 Å². The number of aryl methyl sites for hydroxylation is 2. The standard InChI is InChI=1S/C15H20O3/c1-4-14-8-16-15(17-9-14,18-10-14)13-6-11(2)5-12(3)7-13/h5-7H,4,8-10H2,1-3H3. The molecule has 0 aromatic heterocycles. The zero-order valence-electron chi connectivity index (χ0n) is 11.3. The van der Waals surface area contributed by atoms with Crippen molar-refractivity contribution < 1.29 is 14.2 Å². The van der Waals surface area contributed by atoms with Crippen molar-refractivity contribution in [2.75, 3.05) is 19.8 Å². The number of hydrogen-bond donors (Lipinski definition) is 0. The third-order valence-electron chi connectivity index (χ3n) is 4.03. The minimum absolute atomic E-state index is 0.0562. The molecule has 1 aromatic carbocycles. The number of rotatable bonds is 2. The largest absolute Gasteiger partial charge is 0.323 e. The monoisotopic (exact) mass is 248 g/mol. The minimum atomic E-state index is -0.965. The fourth-order valence-electron chi connectivity index (χ4n) is 2.70. The van der Waals surface area contributed by atoms with Gasteiger partial charge in [-0.1, -0.05) is 24.1 Å². The summed E-state index contributed by atoms with van der Waals surface area (Å²) in [7, 11) is 0. The Balaban J connectivity index is 1.93. The van der Waals surface area contributed by atoms with E-state index in [0.29, 0.717) is 0 Å². The molecule has 3 saturated heterocycles. The zero-order valence-corrected chi connectivity index (χ0v) is 11.3. The molecule has 0 atom stereocenters. The van der Waals surface area contributed by atoms with Crippen LogP contribution in [-0.4, -0.2) is 19.8 Å². The van der Waals surface area contributed by atoms with Crippen molar-refractivity contribution in [1.29, 1.82) is 0 Å². The molecule has 0 aliphatic carbocycles. The lowest BCUT2D eigenvalue weighted by atomic mass is 9.85. The highest BCUT2D eigenvalue weighted by Crippen LogP contribution is 2.45. The van der Waals surface area contributed by atoms with E-state index in [0.717, 1.165) is 31.8 Å².